The Hall–Kier alpha value is -3.33. The van der Waals surface area contributed by atoms with E-state index in [1.165, 1.54) is 103 Å². The fourth-order valence-electron chi connectivity index (χ4n) is 7.89. The standard InChI is InChI=1S/C28H28NO.C17H10NSe2.Ir/c1-2-7-20(8-3-1)22-13-15-26(29-18-22)24-12-6-11-23-25-17-21(19-9-4-5-10-19)14-16-27(25)30-28(23)24;1-2-9-15-14(8-1)19-16-10-5-6-12(17(16)20-15)13-7-3-4-11-18-13;/h6,11,13-20H,1-5,7-10H2;1-5,7-11H;/q2*-1;. The Balaban J connectivity index is 0.000000155. The molecule has 2 saturated carbocycles. The van der Waals surface area contributed by atoms with Crippen molar-refractivity contribution in [1.82, 2.24) is 9.97 Å². The normalized spacial score (nSPS) is 15.8. The van der Waals surface area contributed by atoms with Crippen LogP contribution in [-0.4, -0.2) is 39.9 Å². The molecule has 3 nitrogen and oxygen atoms in total. The van der Waals surface area contributed by atoms with E-state index in [1.54, 1.807) is 0 Å². The maximum Gasteiger partial charge on any atom is 0.120 e. The third-order valence-electron chi connectivity index (χ3n) is 10.5. The van der Waals surface area contributed by atoms with Crippen LogP contribution in [0.4, 0.5) is 0 Å². The second-order valence-corrected chi connectivity index (χ2v) is 18.1. The van der Waals surface area contributed by atoms with E-state index in [2.05, 4.69) is 102 Å². The first-order chi connectivity index (χ1) is 24.8. The number of pyridine rings is 2. The van der Waals surface area contributed by atoms with Crippen molar-refractivity contribution in [3.63, 3.8) is 0 Å². The van der Waals surface area contributed by atoms with Crippen LogP contribution in [0, 0.1) is 12.1 Å². The van der Waals surface area contributed by atoms with Gasteiger partial charge in [0.25, 0.3) is 0 Å². The largest absolute Gasteiger partial charge is 0.501 e. The molecule has 0 atom stereocenters. The fourth-order valence-corrected chi connectivity index (χ4v) is 13.6. The Morgan fingerprint density at radius 1 is 0.588 bits per heavy atom. The summed E-state index contributed by atoms with van der Waals surface area (Å²) in [6, 6.07) is 41.4. The van der Waals surface area contributed by atoms with E-state index in [0.717, 1.165) is 28.1 Å². The molecule has 1 aliphatic heterocycles. The van der Waals surface area contributed by atoms with Crippen LogP contribution in [-0.2, 0) is 20.1 Å². The van der Waals surface area contributed by atoms with Crippen molar-refractivity contribution < 1.29 is 24.5 Å². The summed E-state index contributed by atoms with van der Waals surface area (Å²) in [4.78, 5) is 9.33. The second kappa shape index (κ2) is 15.7. The first-order valence-corrected chi connectivity index (χ1v) is 21.4. The van der Waals surface area contributed by atoms with E-state index < -0.39 is 0 Å². The second-order valence-electron chi connectivity index (χ2n) is 13.7. The molecule has 0 spiro atoms. The van der Waals surface area contributed by atoms with Gasteiger partial charge in [0.2, 0.25) is 0 Å². The smallest absolute Gasteiger partial charge is 0.120 e. The molecule has 51 heavy (non-hydrogen) atoms. The minimum absolute atomic E-state index is 0. The van der Waals surface area contributed by atoms with Crippen molar-refractivity contribution >= 4 is 69.7 Å². The van der Waals surface area contributed by atoms with E-state index in [-0.39, 0.29) is 20.1 Å². The van der Waals surface area contributed by atoms with Crippen LogP contribution in [0.3, 0.4) is 0 Å². The van der Waals surface area contributed by atoms with Crippen molar-refractivity contribution in [2.45, 2.75) is 69.6 Å². The minimum Gasteiger partial charge on any atom is -0.501 e. The van der Waals surface area contributed by atoms with E-state index in [0.29, 0.717) is 41.7 Å². The van der Waals surface area contributed by atoms with Gasteiger partial charge >= 0.3 is 131 Å². The average molecular weight is 973 g/mol. The summed E-state index contributed by atoms with van der Waals surface area (Å²) in [5.41, 5.74) is 8.89. The van der Waals surface area contributed by atoms with Gasteiger partial charge in [-0.3, -0.25) is 0 Å². The van der Waals surface area contributed by atoms with Gasteiger partial charge in [-0.2, -0.15) is 0 Å². The molecule has 0 amide bonds. The number of aromatic nitrogens is 2. The van der Waals surface area contributed by atoms with Gasteiger partial charge in [-0.1, -0.05) is 61.3 Å². The Labute approximate surface area is 326 Å². The number of fused-ring (bicyclic) bond motifs is 5. The quantitative estimate of drug-likeness (QED) is 0.132. The van der Waals surface area contributed by atoms with Crippen molar-refractivity contribution in [1.29, 1.82) is 0 Å². The molecule has 257 valence electrons. The van der Waals surface area contributed by atoms with Crippen molar-refractivity contribution in [3.05, 3.63) is 133 Å². The molecule has 10 rings (SSSR count). The maximum atomic E-state index is 6.33. The van der Waals surface area contributed by atoms with Crippen LogP contribution in [0.2, 0.25) is 0 Å². The van der Waals surface area contributed by atoms with Gasteiger partial charge in [0.1, 0.15) is 5.58 Å². The molecule has 0 saturated heterocycles. The van der Waals surface area contributed by atoms with Crippen LogP contribution < -0.4 is 17.8 Å². The topological polar surface area (TPSA) is 38.9 Å². The zero-order valence-corrected chi connectivity index (χ0v) is 34.2. The maximum absolute atomic E-state index is 6.33. The third kappa shape index (κ3) is 7.21. The third-order valence-corrected chi connectivity index (χ3v) is 16.7. The summed E-state index contributed by atoms with van der Waals surface area (Å²) in [5, 5.41) is 2.40. The number of benzene rings is 4. The van der Waals surface area contributed by atoms with Crippen molar-refractivity contribution in [3.8, 4) is 22.5 Å². The van der Waals surface area contributed by atoms with Gasteiger partial charge in [-0.15, -0.1) is 18.2 Å². The van der Waals surface area contributed by atoms with Crippen LogP contribution in [0.5, 0.6) is 0 Å². The summed E-state index contributed by atoms with van der Waals surface area (Å²) in [6.07, 6.45) is 16.0. The molecule has 4 heterocycles. The summed E-state index contributed by atoms with van der Waals surface area (Å²) >= 11 is 0.765. The van der Waals surface area contributed by atoms with Crippen molar-refractivity contribution in [2.24, 2.45) is 0 Å². The van der Waals surface area contributed by atoms with E-state index in [1.807, 2.05) is 24.4 Å². The monoisotopic (exact) mass is 975 g/mol. The van der Waals surface area contributed by atoms with Crippen LogP contribution >= 0.6 is 0 Å². The zero-order chi connectivity index (χ0) is 33.3. The van der Waals surface area contributed by atoms with E-state index in [4.69, 9.17) is 9.40 Å². The molecular weight excluding hydrogens is 935 g/mol. The van der Waals surface area contributed by atoms with Crippen LogP contribution in [0.15, 0.2) is 114 Å². The molecule has 0 N–H and O–H groups in total. The van der Waals surface area contributed by atoms with Gasteiger partial charge in [0.05, 0.1) is 5.58 Å². The Morgan fingerprint density at radius 2 is 1.27 bits per heavy atom. The molecule has 3 aliphatic rings. The Kier molecular flexibility index (Phi) is 10.7. The number of nitrogens with zero attached hydrogens (tertiary/aromatic N) is 2. The molecule has 2 aliphatic carbocycles. The molecular formula is C45H38IrN2OSe2-2. The Bertz CT molecular complexity index is 2270. The summed E-state index contributed by atoms with van der Waals surface area (Å²) in [7, 11) is 0. The summed E-state index contributed by atoms with van der Waals surface area (Å²) < 4.78 is 12.3. The minimum atomic E-state index is 0. The van der Waals surface area contributed by atoms with Gasteiger partial charge in [-0.05, 0) is 66.5 Å². The van der Waals surface area contributed by atoms with Crippen LogP contribution in [0.1, 0.15) is 80.8 Å². The first kappa shape index (κ1) is 34.7. The number of hydrogen-bond acceptors (Lipinski definition) is 3. The van der Waals surface area contributed by atoms with Gasteiger partial charge in [0.15, 0.2) is 0 Å². The molecule has 7 aromatic rings. The first-order valence-electron chi connectivity index (χ1n) is 18.0. The van der Waals surface area contributed by atoms with Crippen molar-refractivity contribution in [2.75, 3.05) is 0 Å². The van der Waals surface area contributed by atoms with Gasteiger partial charge in [0, 0.05) is 31.7 Å². The van der Waals surface area contributed by atoms with Gasteiger partial charge in [-0.25, -0.2) is 0 Å². The molecule has 0 bridgehead atoms. The SMILES string of the molecule is [Ir].[c-]1ccc2c(c1-c1ccccn1)[Se]c1ccccc1[Se]2.[c-]1ccc2c(oc3ccc(C4CCCC4)cc32)c1-c1ccc(C2CCCCC2)cn1. The molecule has 6 heteroatoms. The molecule has 4 aromatic carbocycles. The number of hydrogen-bond donors (Lipinski definition) is 0. The zero-order valence-electron chi connectivity index (χ0n) is 28.4. The fraction of sp³-hybridized carbons (Fsp3) is 0.244. The van der Waals surface area contributed by atoms with Crippen LogP contribution in [0.25, 0.3) is 44.5 Å². The molecule has 1 radical (unpaired) electrons. The predicted molar refractivity (Wildman–Crippen MR) is 208 cm³/mol. The number of furan rings is 1. The van der Waals surface area contributed by atoms with E-state index >= 15 is 0 Å². The molecule has 2 fully saturated rings. The molecule has 3 aromatic heterocycles. The summed E-state index contributed by atoms with van der Waals surface area (Å²) in [5.74, 6) is 1.39. The van der Waals surface area contributed by atoms with E-state index in [9.17, 15) is 0 Å². The number of rotatable bonds is 4. The molecule has 0 unspecified atom stereocenters. The predicted octanol–water partition coefficient (Wildman–Crippen LogP) is 8.32. The Morgan fingerprint density at radius 3 is 2.04 bits per heavy atom. The van der Waals surface area contributed by atoms with Gasteiger partial charge < -0.3 is 9.40 Å². The average Bonchev–Trinajstić information content (AvgIpc) is 3.87. The summed E-state index contributed by atoms with van der Waals surface area (Å²) in [6.45, 7) is 0.